The average molecular weight is 300 g/mol. The van der Waals surface area contributed by atoms with Crippen molar-refractivity contribution in [2.75, 3.05) is 18.9 Å². The minimum Gasteiger partial charge on any atom is -0.491 e. The van der Waals surface area contributed by atoms with Crippen LogP contribution in [0.3, 0.4) is 0 Å². The van der Waals surface area contributed by atoms with Gasteiger partial charge in [-0.2, -0.15) is 0 Å². The summed E-state index contributed by atoms with van der Waals surface area (Å²) >= 11 is 1.92. The van der Waals surface area contributed by atoms with Crippen LogP contribution in [0.4, 0.5) is 0 Å². The summed E-state index contributed by atoms with van der Waals surface area (Å²) in [5.74, 6) is 2.43. The molecule has 0 aliphatic carbocycles. The van der Waals surface area contributed by atoms with Gasteiger partial charge < -0.3 is 10.1 Å². The Morgan fingerprint density at radius 2 is 2.19 bits per heavy atom. The lowest BCUT2D eigenvalue weighted by Crippen LogP contribution is -2.13. The number of nitrogens with zero attached hydrogens (tertiary/aromatic N) is 1. The third-order valence-electron chi connectivity index (χ3n) is 3.60. The second kappa shape index (κ2) is 6.96. The molecule has 0 saturated carbocycles. The van der Waals surface area contributed by atoms with Crippen molar-refractivity contribution in [3.05, 3.63) is 53.9 Å². The van der Waals surface area contributed by atoms with Crippen molar-refractivity contribution >= 4 is 11.8 Å². The molecule has 1 aromatic heterocycles. The molecule has 1 atom stereocenters. The molecule has 0 spiro atoms. The maximum absolute atomic E-state index is 5.91. The van der Waals surface area contributed by atoms with Gasteiger partial charge in [-0.15, -0.1) is 11.8 Å². The summed E-state index contributed by atoms with van der Waals surface area (Å²) in [6, 6.07) is 12.6. The molecule has 2 aromatic rings. The van der Waals surface area contributed by atoms with Crippen LogP contribution in [0.1, 0.15) is 24.1 Å². The first-order chi connectivity index (χ1) is 10.4. The number of hydrogen-bond donors (Lipinski definition) is 1. The van der Waals surface area contributed by atoms with Gasteiger partial charge in [-0.1, -0.05) is 25.1 Å². The number of aromatic nitrogens is 1. The Hall–Kier alpha value is -1.52. The van der Waals surface area contributed by atoms with Gasteiger partial charge in [0, 0.05) is 23.1 Å². The fourth-order valence-corrected chi connectivity index (χ4v) is 3.65. The van der Waals surface area contributed by atoms with E-state index in [1.165, 1.54) is 10.5 Å². The summed E-state index contributed by atoms with van der Waals surface area (Å²) < 4.78 is 5.91. The zero-order valence-corrected chi connectivity index (χ0v) is 13.0. The molecule has 2 heterocycles. The molecule has 1 unspecified atom stereocenters. The molecule has 110 valence electrons. The lowest BCUT2D eigenvalue weighted by Gasteiger charge is -2.12. The number of pyridine rings is 1. The zero-order chi connectivity index (χ0) is 14.5. The van der Waals surface area contributed by atoms with E-state index in [0.717, 1.165) is 36.9 Å². The maximum atomic E-state index is 5.91. The van der Waals surface area contributed by atoms with E-state index in [1.807, 2.05) is 30.1 Å². The van der Waals surface area contributed by atoms with Crippen LogP contribution in [0.2, 0.25) is 0 Å². The molecule has 0 bridgehead atoms. The summed E-state index contributed by atoms with van der Waals surface area (Å²) in [6.07, 6.45) is 1.82. The minimum atomic E-state index is 0.479. The second-order valence-corrected chi connectivity index (χ2v) is 6.18. The van der Waals surface area contributed by atoms with Crippen molar-refractivity contribution in [1.29, 1.82) is 0 Å². The Balaban J connectivity index is 1.56. The third-order valence-corrected chi connectivity index (χ3v) is 4.86. The highest BCUT2D eigenvalue weighted by Gasteiger charge is 2.23. The fraction of sp³-hybridized carbons (Fsp3) is 0.353. The number of rotatable bonds is 6. The molecule has 1 aromatic carbocycles. The van der Waals surface area contributed by atoms with Crippen molar-refractivity contribution < 1.29 is 4.74 Å². The van der Waals surface area contributed by atoms with Gasteiger partial charge in [0.1, 0.15) is 5.75 Å². The molecule has 1 aliphatic heterocycles. The predicted octanol–water partition coefficient (Wildman–Crippen LogP) is 3.46. The highest BCUT2D eigenvalue weighted by atomic mass is 32.2. The fourth-order valence-electron chi connectivity index (χ4n) is 2.42. The second-order valence-electron chi connectivity index (χ2n) is 5.12. The first kappa shape index (κ1) is 14.4. The van der Waals surface area contributed by atoms with Gasteiger partial charge in [0.25, 0.3) is 0 Å². The Kier molecular flexibility index (Phi) is 4.78. The van der Waals surface area contributed by atoms with Gasteiger partial charge in [0.15, 0.2) is 0 Å². The van der Waals surface area contributed by atoms with Crippen LogP contribution in [0.5, 0.6) is 5.75 Å². The lowest BCUT2D eigenvalue weighted by atomic mass is 10.0. The van der Waals surface area contributed by atoms with Gasteiger partial charge in [-0.3, -0.25) is 4.98 Å². The number of fused-ring (bicyclic) bond motifs is 1. The van der Waals surface area contributed by atoms with Gasteiger partial charge in [-0.25, -0.2) is 0 Å². The van der Waals surface area contributed by atoms with Crippen molar-refractivity contribution in [3.8, 4) is 5.75 Å². The zero-order valence-electron chi connectivity index (χ0n) is 12.2. The molecule has 3 rings (SSSR count). The summed E-state index contributed by atoms with van der Waals surface area (Å²) in [4.78, 5) is 5.81. The standard InChI is InChI=1S/C17H20N2OS/c1-2-18-9-14-7-8-15(10-19-14)20-11-13-12-21-17-6-4-3-5-16(13)17/h3-8,10,13,18H,2,9,11-12H2,1H3. The summed E-state index contributed by atoms with van der Waals surface area (Å²) in [6.45, 7) is 4.58. The van der Waals surface area contributed by atoms with E-state index in [-0.39, 0.29) is 0 Å². The van der Waals surface area contributed by atoms with E-state index in [2.05, 4.69) is 41.5 Å². The monoisotopic (exact) mass is 300 g/mol. The molecule has 0 saturated heterocycles. The largest absolute Gasteiger partial charge is 0.491 e. The van der Waals surface area contributed by atoms with Crippen LogP contribution in [0.25, 0.3) is 0 Å². The van der Waals surface area contributed by atoms with Crippen LogP contribution >= 0.6 is 11.8 Å². The van der Waals surface area contributed by atoms with Gasteiger partial charge in [-0.05, 0) is 30.3 Å². The molecule has 4 heteroatoms. The van der Waals surface area contributed by atoms with Crippen molar-refractivity contribution in [1.82, 2.24) is 10.3 Å². The van der Waals surface area contributed by atoms with Crippen LogP contribution in [0.15, 0.2) is 47.5 Å². The van der Waals surface area contributed by atoms with E-state index in [4.69, 9.17) is 4.74 Å². The Labute approximate surface area is 130 Å². The number of ether oxygens (including phenoxy) is 1. The van der Waals surface area contributed by atoms with Crippen LogP contribution in [0, 0.1) is 0 Å². The quantitative estimate of drug-likeness (QED) is 0.886. The van der Waals surface area contributed by atoms with Crippen molar-refractivity contribution in [2.24, 2.45) is 0 Å². The summed E-state index contributed by atoms with van der Waals surface area (Å²) in [5.41, 5.74) is 2.46. The number of thioether (sulfide) groups is 1. The van der Waals surface area contributed by atoms with Crippen LogP contribution in [-0.2, 0) is 6.54 Å². The molecular formula is C17H20N2OS. The highest BCUT2D eigenvalue weighted by molar-refractivity contribution is 7.99. The predicted molar refractivity (Wildman–Crippen MR) is 87.0 cm³/mol. The minimum absolute atomic E-state index is 0.479. The maximum Gasteiger partial charge on any atom is 0.137 e. The van der Waals surface area contributed by atoms with E-state index in [1.54, 1.807) is 0 Å². The van der Waals surface area contributed by atoms with E-state index in [0.29, 0.717) is 5.92 Å². The first-order valence-corrected chi connectivity index (χ1v) is 8.35. The molecule has 21 heavy (non-hydrogen) atoms. The molecule has 1 N–H and O–H groups in total. The molecule has 0 fully saturated rings. The average Bonchev–Trinajstić information content (AvgIpc) is 2.95. The SMILES string of the molecule is CCNCc1ccc(OCC2CSc3ccccc32)cn1. The topological polar surface area (TPSA) is 34.1 Å². The third kappa shape index (κ3) is 3.57. The van der Waals surface area contributed by atoms with Gasteiger partial charge >= 0.3 is 0 Å². The Morgan fingerprint density at radius 1 is 1.29 bits per heavy atom. The highest BCUT2D eigenvalue weighted by Crippen LogP contribution is 2.39. The molecule has 3 nitrogen and oxygen atoms in total. The number of benzene rings is 1. The molecule has 0 amide bonds. The molecular weight excluding hydrogens is 280 g/mol. The van der Waals surface area contributed by atoms with E-state index in [9.17, 15) is 0 Å². The van der Waals surface area contributed by atoms with E-state index >= 15 is 0 Å². The summed E-state index contributed by atoms with van der Waals surface area (Å²) in [5, 5.41) is 3.27. The smallest absolute Gasteiger partial charge is 0.137 e. The first-order valence-electron chi connectivity index (χ1n) is 7.37. The van der Waals surface area contributed by atoms with Crippen molar-refractivity contribution in [3.63, 3.8) is 0 Å². The normalized spacial score (nSPS) is 16.7. The molecule has 1 aliphatic rings. The lowest BCUT2D eigenvalue weighted by molar-refractivity contribution is 0.296. The Bertz CT molecular complexity index is 586. The number of hydrogen-bond acceptors (Lipinski definition) is 4. The van der Waals surface area contributed by atoms with Crippen LogP contribution < -0.4 is 10.1 Å². The van der Waals surface area contributed by atoms with Gasteiger partial charge in [0.05, 0.1) is 18.5 Å². The van der Waals surface area contributed by atoms with E-state index < -0.39 is 0 Å². The number of nitrogens with one attached hydrogen (secondary N) is 1. The van der Waals surface area contributed by atoms with Gasteiger partial charge in [0.2, 0.25) is 0 Å². The van der Waals surface area contributed by atoms with Crippen molar-refractivity contribution in [2.45, 2.75) is 24.3 Å². The Morgan fingerprint density at radius 3 is 3.00 bits per heavy atom. The summed E-state index contributed by atoms with van der Waals surface area (Å²) in [7, 11) is 0. The van der Waals surface area contributed by atoms with Crippen LogP contribution in [-0.4, -0.2) is 23.9 Å². The molecule has 0 radical (unpaired) electrons.